The van der Waals surface area contributed by atoms with E-state index in [0.717, 1.165) is 101 Å². The number of aliphatic imine (C=N–C) groups is 2. The van der Waals surface area contributed by atoms with Gasteiger partial charge in [0.25, 0.3) is 0 Å². The van der Waals surface area contributed by atoms with Gasteiger partial charge >= 0.3 is 12.2 Å². The quantitative estimate of drug-likeness (QED) is 0.111. The van der Waals surface area contributed by atoms with Crippen LogP contribution in [0, 0.1) is 11.8 Å². The zero-order valence-electron chi connectivity index (χ0n) is 56.3. The van der Waals surface area contributed by atoms with Crippen LogP contribution in [0.5, 0.6) is 0 Å². The number of aromatic amines is 2. The predicted octanol–water partition coefficient (Wildman–Crippen LogP) is 21.7. The van der Waals surface area contributed by atoms with Crippen LogP contribution in [-0.2, 0) is 35.5 Å². The van der Waals surface area contributed by atoms with Crippen molar-refractivity contribution in [2.45, 2.75) is 115 Å². The summed E-state index contributed by atoms with van der Waals surface area (Å²) in [5, 5.41) is 4.93. The molecular formula is C88H80N8O4. The Morgan fingerprint density at radius 2 is 0.730 bits per heavy atom. The molecule has 2 aliphatic carbocycles. The molecule has 2 N–H and O–H groups in total. The molecule has 2 saturated heterocycles. The van der Waals surface area contributed by atoms with Gasteiger partial charge in [0.2, 0.25) is 0 Å². The Balaban J connectivity index is 0.000000150. The summed E-state index contributed by atoms with van der Waals surface area (Å²) >= 11 is 0. The molecule has 2 amide bonds. The van der Waals surface area contributed by atoms with E-state index in [2.05, 4.69) is 168 Å². The number of rotatable bonds is 14. The molecule has 496 valence electrons. The highest BCUT2D eigenvalue weighted by atomic mass is 16.6. The SMILES string of the molecule is O=C(OCc1ccccc1)N1CCC[C@H]1c1ncc(-c2ccc(-c3ccc4cc(-c5ccc6c(c5)CC(C5CCCC5)=N6)ccc4c3)cc2)[nH]1.O=C(OCc1ccccc1)N1CCC[C@H]1c1ncc(-c2ccc(-c3ccc4ccc(-c5ccc6c(c5)CC(C5CCCC5)=N6)cc4c3)cc2)[nH]1. The number of carbonyl (C=O) groups excluding carboxylic acids is 2. The lowest BCUT2D eigenvalue weighted by Gasteiger charge is -2.22. The number of likely N-dealkylation sites (tertiary alicyclic amines) is 2. The second kappa shape index (κ2) is 27.7. The lowest BCUT2D eigenvalue weighted by Crippen LogP contribution is -2.31. The van der Waals surface area contributed by atoms with Crippen LogP contribution in [0.15, 0.2) is 241 Å². The molecule has 10 aromatic carbocycles. The standard InChI is InChI=1S/2C44H40N4O2/c49-44(50-28-29-7-2-1-3-8-29)48-22-6-11-42(48)43-45-27-41(47-43)33-16-12-30(13-17-33)34-18-14-31-15-19-35(24-37(31)23-34)36-20-21-39-38(25-36)26-40(46-39)32-9-4-5-10-32;49-44(50-28-29-7-2-1-3-8-29)48-22-6-11-42(48)43-45-27-41(47-43)32-14-12-30(13-15-32)33-16-17-35-24-36(19-18-34(35)23-33)37-20-21-39-38(25-37)26-40(46-39)31-9-4-5-10-31/h1-3,7-8,12-21,23-25,27,32,42H,4-6,9-11,22,26,28H2,(H,45,47);1-3,7-8,12-21,23-25,27,31,42H,4-6,9-11,22,26,28H2,(H,45,47)/t2*42-/m00/s1. The van der Waals surface area contributed by atoms with Crippen molar-refractivity contribution in [1.29, 1.82) is 0 Å². The van der Waals surface area contributed by atoms with Crippen LogP contribution >= 0.6 is 0 Å². The maximum absolute atomic E-state index is 13.0. The first-order valence-corrected chi connectivity index (χ1v) is 36.0. The maximum Gasteiger partial charge on any atom is 0.410 e. The van der Waals surface area contributed by atoms with E-state index in [1.54, 1.807) is 9.80 Å². The van der Waals surface area contributed by atoms with Gasteiger partial charge in [-0.1, -0.05) is 196 Å². The van der Waals surface area contributed by atoms with Crippen molar-refractivity contribution in [1.82, 2.24) is 29.7 Å². The number of hydrogen-bond donors (Lipinski definition) is 2. The van der Waals surface area contributed by atoms with E-state index < -0.39 is 0 Å². The molecule has 0 bridgehead atoms. The molecule has 0 spiro atoms. The van der Waals surface area contributed by atoms with Gasteiger partial charge in [-0.3, -0.25) is 19.8 Å². The van der Waals surface area contributed by atoms with Gasteiger partial charge < -0.3 is 19.4 Å². The molecule has 0 radical (unpaired) electrons. The average Bonchev–Trinajstić information content (AvgIpc) is 1.24. The summed E-state index contributed by atoms with van der Waals surface area (Å²) in [4.78, 5) is 56.0. The van der Waals surface area contributed by atoms with Crippen molar-refractivity contribution in [2.75, 3.05) is 13.1 Å². The number of imidazole rings is 2. The number of aromatic nitrogens is 4. The zero-order chi connectivity index (χ0) is 66.9. The number of ether oxygens (including phenoxy) is 2. The number of nitrogens with one attached hydrogen (secondary N) is 2. The molecule has 12 heteroatoms. The first-order chi connectivity index (χ1) is 49.3. The highest BCUT2D eigenvalue weighted by Crippen LogP contribution is 2.42. The smallest absolute Gasteiger partial charge is 0.410 e. The Kier molecular flexibility index (Phi) is 17.3. The fraction of sp³-hybridized carbons (Fsp3) is 0.250. The Bertz CT molecular complexity index is 5060. The highest BCUT2D eigenvalue weighted by molar-refractivity contribution is 5.99. The zero-order valence-corrected chi connectivity index (χ0v) is 56.3. The number of amides is 2. The van der Waals surface area contributed by atoms with Crippen LogP contribution in [0.2, 0.25) is 0 Å². The van der Waals surface area contributed by atoms with E-state index in [1.165, 1.54) is 134 Å². The molecule has 100 heavy (non-hydrogen) atoms. The minimum Gasteiger partial charge on any atom is -0.445 e. The molecule has 18 rings (SSSR count). The van der Waals surface area contributed by atoms with E-state index in [0.29, 0.717) is 24.9 Å². The van der Waals surface area contributed by atoms with E-state index in [4.69, 9.17) is 29.4 Å². The van der Waals surface area contributed by atoms with Crippen LogP contribution in [0.4, 0.5) is 21.0 Å². The summed E-state index contributed by atoms with van der Waals surface area (Å²) in [7, 11) is 0. The summed E-state index contributed by atoms with van der Waals surface area (Å²) in [5.41, 5.74) is 23.5. The average molecular weight is 1310 g/mol. The van der Waals surface area contributed by atoms with Crippen LogP contribution in [-0.4, -0.2) is 66.4 Å². The second-order valence-electron chi connectivity index (χ2n) is 28.1. The first-order valence-electron chi connectivity index (χ1n) is 36.0. The fourth-order valence-electron chi connectivity index (χ4n) is 16.1. The van der Waals surface area contributed by atoms with E-state index in [9.17, 15) is 9.59 Å². The Hall–Kier alpha value is -11.0. The van der Waals surface area contributed by atoms with Gasteiger partial charge in [0.15, 0.2) is 0 Å². The molecule has 2 atom stereocenters. The van der Waals surface area contributed by atoms with Gasteiger partial charge in [0.05, 0.1) is 47.2 Å². The number of hydrogen-bond acceptors (Lipinski definition) is 8. The second-order valence-corrected chi connectivity index (χ2v) is 28.1. The van der Waals surface area contributed by atoms with Crippen LogP contribution in [0.3, 0.4) is 0 Å². The molecule has 4 fully saturated rings. The van der Waals surface area contributed by atoms with Crippen molar-refractivity contribution in [3.05, 3.63) is 265 Å². The van der Waals surface area contributed by atoms with Crippen molar-refractivity contribution in [3.63, 3.8) is 0 Å². The minimum absolute atomic E-state index is 0.115. The topological polar surface area (TPSA) is 141 Å². The first kappa shape index (κ1) is 62.5. The van der Waals surface area contributed by atoms with Crippen molar-refractivity contribution < 1.29 is 19.1 Å². The summed E-state index contributed by atoms with van der Waals surface area (Å²) in [5.74, 6) is 2.97. The highest BCUT2D eigenvalue weighted by Gasteiger charge is 2.35. The van der Waals surface area contributed by atoms with Gasteiger partial charge in [0, 0.05) is 37.4 Å². The molecule has 0 unspecified atom stereocenters. The molecule has 12 nitrogen and oxygen atoms in total. The van der Waals surface area contributed by atoms with Crippen LogP contribution in [0.25, 0.3) is 88.6 Å². The lowest BCUT2D eigenvalue weighted by molar-refractivity contribution is 0.0903. The largest absolute Gasteiger partial charge is 0.445 e. The summed E-state index contributed by atoms with van der Waals surface area (Å²) in [6.45, 7) is 1.87. The minimum atomic E-state index is -0.295. The number of H-pyrrole nitrogens is 2. The van der Waals surface area contributed by atoms with E-state index in [1.807, 2.05) is 73.1 Å². The van der Waals surface area contributed by atoms with E-state index in [-0.39, 0.29) is 37.5 Å². The third kappa shape index (κ3) is 13.2. The Morgan fingerprint density at radius 3 is 1.16 bits per heavy atom. The van der Waals surface area contributed by atoms with Crippen LogP contribution in [0.1, 0.15) is 123 Å². The third-order valence-electron chi connectivity index (χ3n) is 21.7. The van der Waals surface area contributed by atoms with Gasteiger partial charge in [-0.15, -0.1) is 0 Å². The Morgan fingerprint density at radius 1 is 0.370 bits per heavy atom. The number of carbonyl (C=O) groups is 2. The van der Waals surface area contributed by atoms with Gasteiger partial charge in [0.1, 0.15) is 24.9 Å². The monoisotopic (exact) mass is 1310 g/mol. The molecule has 6 aliphatic rings. The van der Waals surface area contributed by atoms with Gasteiger partial charge in [-0.2, -0.15) is 0 Å². The van der Waals surface area contributed by atoms with Gasteiger partial charge in [-0.05, 0) is 211 Å². The van der Waals surface area contributed by atoms with Crippen molar-refractivity contribution in [2.24, 2.45) is 21.8 Å². The molecular weight excluding hydrogens is 1230 g/mol. The number of nitrogens with zero attached hydrogens (tertiary/aromatic N) is 6. The van der Waals surface area contributed by atoms with E-state index >= 15 is 0 Å². The number of fused-ring (bicyclic) bond motifs is 4. The van der Waals surface area contributed by atoms with Gasteiger partial charge in [-0.25, -0.2) is 19.6 Å². The summed E-state index contributed by atoms with van der Waals surface area (Å²) < 4.78 is 11.3. The molecule has 2 saturated carbocycles. The molecule has 12 aromatic rings. The Labute approximate surface area is 583 Å². The summed E-state index contributed by atoms with van der Waals surface area (Å²) in [6.07, 6.45) is 19.3. The summed E-state index contributed by atoms with van der Waals surface area (Å²) in [6, 6.07) is 77.2. The maximum atomic E-state index is 13.0. The van der Waals surface area contributed by atoms with Crippen LogP contribution < -0.4 is 0 Å². The van der Waals surface area contributed by atoms with Crippen molar-refractivity contribution >= 4 is 56.5 Å². The normalized spacial score (nSPS) is 17.3. The third-order valence-corrected chi connectivity index (χ3v) is 21.7. The predicted molar refractivity (Wildman–Crippen MR) is 401 cm³/mol. The lowest BCUT2D eigenvalue weighted by atomic mass is 9.94. The fourth-order valence-corrected chi connectivity index (χ4v) is 16.1. The molecule has 2 aromatic heterocycles. The molecule has 4 aliphatic heterocycles. The number of benzene rings is 10. The molecule has 6 heterocycles. The van der Waals surface area contributed by atoms with Crippen molar-refractivity contribution in [3.8, 4) is 67.0 Å².